The molecule has 0 saturated carbocycles. The highest BCUT2D eigenvalue weighted by Crippen LogP contribution is 2.13. The molecule has 0 nitrogen and oxygen atoms in total. The van der Waals surface area contributed by atoms with Gasteiger partial charge in [-0.15, -0.1) is 0 Å². The van der Waals surface area contributed by atoms with Crippen LogP contribution in [-0.2, 0) is 0 Å². The van der Waals surface area contributed by atoms with Gasteiger partial charge in [-0.2, -0.15) is 11.8 Å². The van der Waals surface area contributed by atoms with Crippen molar-refractivity contribution in [3.8, 4) is 0 Å². The van der Waals surface area contributed by atoms with E-state index in [1.54, 1.807) is 0 Å². The number of rotatable bonds is 4. The summed E-state index contributed by atoms with van der Waals surface area (Å²) in [7, 11) is -1.10. The van der Waals surface area contributed by atoms with Crippen LogP contribution in [0.25, 0.3) is 6.08 Å². The van der Waals surface area contributed by atoms with Crippen molar-refractivity contribution < 1.29 is 0 Å². The summed E-state index contributed by atoms with van der Waals surface area (Å²) in [5.74, 6) is 0. The highest BCUT2D eigenvalue weighted by atomic mass is 32.2. The van der Waals surface area contributed by atoms with Crippen molar-refractivity contribution >= 4 is 25.9 Å². The number of thioether (sulfide) groups is 1. The summed E-state index contributed by atoms with van der Waals surface area (Å²) in [6, 6.07) is 10.5. The van der Waals surface area contributed by atoms with E-state index >= 15 is 0 Å². The van der Waals surface area contributed by atoms with E-state index in [1.165, 1.54) is 10.9 Å². The van der Waals surface area contributed by atoms with Crippen LogP contribution in [0.1, 0.15) is 5.56 Å². The summed E-state index contributed by atoms with van der Waals surface area (Å²) in [4.78, 5) is 0. The Labute approximate surface area is 92.4 Å². The Morgan fingerprint density at radius 3 is 2.43 bits per heavy atom. The van der Waals surface area contributed by atoms with Crippen LogP contribution < -0.4 is 0 Å². The van der Waals surface area contributed by atoms with E-state index < -0.39 is 8.07 Å². The van der Waals surface area contributed by atoms with Gasteiger partial charge in [-0.05, 0) is 17.2 Å². The molecular formula is C12H18SSi. The van der Waals surface area contributed by atoms with Crippen molar-refractivity contribution in [3.05, 3.63) is 41.6 Å². The van der Waals surface area contributed by atoms with Crippen LogP contribution in [0.4, 0.5) is 0 Å². The molecule has 14 heavy (non-hydrogen) atoms. The van der Waals surface area contributed by atoms with E-state index in [2.05, 4.69) is 61.5 Å². The fourth-order valence-corrected chi connectivity index (χ4v) is 5.31. The molecule has 0 aliphatic heterocycles. The monoisotopic (exact) mass is 222 g/mol. The predicted octanol–water partition coefficient (Wildman–Crippen LogP) is 3.85. The normalized spacial score (nSPS) is 12.2. The lowest BCUT2D eigenvalue weighted by Crippen LogP contribution is -2.26. The fraction of sp³-hybridized carbons (Fsp3) is 0.333. The minimum absolute atomic E-state index is 1.10. The van der Waals surface area contributed by atoms with Gasteiger partial charge in [-0.1, -0.05) is 55.2 Å². The first-order valence-electron chi connectivity index (χ1n) is 4.87. The van der Waals surface area contributed by atoms with E-state index in [9.17, 15) is 0 Å². The molecule has 0 aliphatic rings. The lowest BCUT2D eigenvalue weighted by atomic mass is 10.2. The largest absolute Gasteiger partial charge is 0.168 e. The summed E-state index contributed by atoms with van der Waals surface area (Å²) in [5.41, 5.74) is 3.74. The quantitative estimate of drug-likeness (QED) is 0.697. The Hall–Kier alpha value is -0.473. The van der Waals surface area contributed by atoms with Crippen molar-refractivity contribution in [1.82, 2.24) is 0 Å². The summed E-state index contributed by atoms with van der Waals surface area (Å²) < 4.78 is 0. The molecule has 76 valence electrons. The lowest BCUT2D eigenvalue weighted by molar-refractivity contribution is 1.65. The molecular weight excluding hydrogens is 204 g/mol. The third-order valence-electron chi connectivity index (χ3n) is 2.04. The van der Waals surface area contributed by atoms with Crippen molar-refractivity contribution in [1.29, 1.82) is 0 Å². The Morgan fingerprint density at radius 2 is 1.86 bits per heavy atom. The maximum Gasteiger partial charge on any atom is 0.0816 e. The molecule has 0 aliphatic carbocycles. The predicted molar refractivity (Wildman–Crippen MR) is 71.3 cm³/mol. The van der Waals surface area contributed by atoms with E-state index in [0.29, 0.717) is 0 Å². The first-order chi connectivity index (χ1) is 6.64. The summed E-state index contributed by atoms with van der Waals surface area (Å²) in [6.07, 6.45) is 4.45. The van der Waals surface area contributed by atoms with E-state index in [4.69, 9.17) is 0 Å². The van der Waals surface area contributed by atoms with Gasteiger partial charge >= 0.3 is 0 Å². The zero-order valence-electron chi connectivity index (χ0n) is 9.16. The zero-order chi connectivity index (χ0) is 10.4. The van der Waals surface area contributed by atoms with Gasteiger partial charge in [-0.3, -0.25) is 0 Å². The molecule has 2 heteroatoms. The average molecular weight is 222 g/mol. The molecule has 0 bridgehead atoms. The second kappa shape index (κ2) is 5.42. The first kappa shape index (κ1) is 11.6. The Bertz CT molecular complexity index is 290. The van der Waals surface area contributed by atoms with Gasteiger partial charge in [0.15, 0.2) is 0 Å². The molecule has 0 aromatic heterocycles. The molecule has 0 fully saturated rings. The second-order valence-corrected chi connectivity index (χ2v) is 10.2. The van der Waals surface area contributed by atoms with Crippen molar-refractivity contribution in [2.45, 2.75) is 13.1 Å². The maximum atomic E-state index is 2.43. The molecule has 0 N–H and O–H groups in total. The first-order valence-corrected chi connectivity index (χ1v) is 9.55. The topological polar surface area (TPSA) is 0 Å². The van der Waals surface area contributed by atoms with E-state index in [1.807, 2.05) is 11.8 Å². The van der Waals surface area contributed by atoms with Crippen LogP contribution >= 0.6 is 11.8 Å². The van der Waals surface area contributed by atoms with Gasteiger partial charge in [0, 0.05) is 0 Å². The third-order valence-corrected chi connectivity index (χ3v) is 7.24. The smallest absolute Gasteiger partial charge is 0.0816 e. The third kappa shape index (κ3) is 4.16. The number of hydrogen-bond acceptors (Lipinski definition) is 1. The summed E-state index contributed by atoms with van der Waals surface area (Å²) in [5, 5.41) is 1.30. The van der Waals surface area contributed by atoms with Gasteiger partial charge in [0.1, 0.15) is 0 Å². The van der Waals surface area contributed by atoms with Crippen molar-refractivity contribution in [3.63, 3.8) is 0 Å². The Balaban J connectivity index is 2.64. The minimum Gasteiger partial charge on any atom is -0.168 e. The van der Waals surface area contributed by atoms with Crippen molar-refractivity contribution in [2.75, 3.05) is 11.6 Å². The molecule has 1 aromatic rings. The average Bonchev–Trinajstić information content (AvgIpc) is 2.17. The van der Waals surface area contributed by atoms with Gasteiger partial charge in [-0.25, -0.2) is 0 Å². The Morgan fingerprint density at radius 1 is 1.21 bits per heavy atom. The van der Waals surface area contributed by atoms with Crippen LogP contribution in [0.3, 0.4) is 0 Å². The molecule has 1 rings (SSSR count). The van der Waals surface area contributed by atoms with Gasteiger partial charge in [0.2, 0.25) is 0 Å². The van der Waals surface area contributed by atoms with Gasteiger partial charge < -0.3 is 0 Å². The standard InChI is InChI=1S/C12H18SSi/c1-13-11-14(2,3)10-9-12-7-5-4-6-8-12/h4-10H,11H2,1-3H3/b10-9+. The molecule has 0 radical (unpaired) electrons. The van der Waals surface area contributed by atoms with Crippen LogP contribution in [-0.4, -0.2) is 19.7 Å². The van der Waals surface area contributed by atoms with Gasteiger partial charge in [0.25, 0.3) is 0 Å². The molecule has 0 heterocycles. The molecule has 0 atom stereocenters. The van der Waals surface area contributed by atoms with Gasteiger partial charge in [0.05, 0.1) is 8.07 Å². The van der Waals surface area contributed by atoms with E-state index in [-0.39, 0.29) is 0 Å². The van der Waals surface area contributed by atoms with Crippen LogP contribution in [0.15, 0.2) is 36.0 Å². The molecule has 0 amide bonds. The number of benzene rings is 1. The maximum absolute atomic E-state index is 2.43. The number of hydrogen-bond donors (Lipinski definition) is 0. The van der Waals surface area contributed by atoms with Crippen LogP contribution in [0, 0.1) is 0 Å². The highest BCUT2D eigenvalue weighted by Gasteiger charge is 2.14. The molecule has 0 spiro atoms. The SMILES string of the molecule is CSC[Si](C)(C)/C=C/c1ccccc1. The summed E-state index contributed by atoms with van der Waals surface area (Å²) >= 11 is 1.95. The van der Waals surface area contributed by atoms with Crippen molar-refractivity contribution in [2.24, 2.45) is 0 Å². The van der Waals surface area contributed by atoms with Crippen LogP contribution in [0.5, 0.6) is 0 Å². The highest BCUT2D eigenvalue weighted by molar-refractivity contribution is 8.00. The fourth-order valence-electron chi connectivity index (χ4n) is 1.31. The Kier molecular flexibility index (Phi) is 4.49. The minimum atomic E-state index is -1.10. The zero-order valence-corrected chi connectivity index (χ0v) is 11.0. The molecule has 1 aromatic carbocycles. The van der Waals surface area contributed by atoms with Crippen LogP contribution in [0.2, 0.25) is 13.1 Å². The summed E-state index contributed by atoms with van der Waals surface area (Å²) in [6.45, 7) is 4.81. The second-order valence-electron chi connectivity index (χ2n) is 4.17. The lowest BCUT2D eigenvalue weighted by Gasteiger charge is -2.15. The molecule has 0 saturated heterocycles. The van der Waals surface area contributed by atoms with E-state index in [0.717, 1.165) is 0 Å². The molecule has 0 unspecified atom stereocenters.